The van der Waals surface area contributed by atoms with Crippen LogP contribution in [0, 0.1) is 5.92 Å². The molecule has 1 spiro atoms. The van der Waals surface area contributed by atoms with Crippen LogP contribution in [0.3, 0.4) is 0 Å². The third-order valence-electron chi connectivity index (χ3n) is 10.2. The highest BCUT2D eigenvalue weighted by atomic mass is 16.6. The first-order valence-corrected chi connectivity index (χ1v) is 17.5. The smallest absolute Gasteiger partial charge is 0.410 e. The minimum absolute atomic E-state index is 0.0611. The van der Waals surface area contributed by atoms with Crippen LogP contribution >= 0.6 is 0 Å². The van der Waals surface area contributed by atoms with Gasteiger partial charge in [0, 0.05) is 43.7 Å². The van der Waals surface area contributed by atoms with Gasteiger partial charge < -0.3 is 19.5 Å². The summed E-state index contributed by atoms with van der Waals surface area (Å²) in [5.41, 5.74) is 5.10. The first-order chi connectivity index (χ1) is 22.6. The molecule has 4 heterocycles. The zero-order valence-electron chi connectivity index (χ0n) is 28.8. The van der Waals surface area contributed by atoms with E-state index in [9.17, 15) is 9.90 Å². The van der Waals surface area contributed by atoms with Gasteiger partial charge in [-0.25, -0.2) is 4.79 Å². The number of pyridine rings is 1. The molecule has 3 aliphatic rings. The number of piperidine rings is 1. The number of ether oxygens (including phenoxy) is 2. The molecule has 2 aromatic carbocycles. The van der Waals surface area contributed by atoms with Crippen LogP contribution in [-0.2, 0) is 23.2 Å². The van der Waals surface area contributed by atoms with Gasteiger partial charge in [-0.3, -0.25) is 14.8 Å². The molecule has 0 radical (unpaired) electrons. The molecule has 3 aromatic rings. The summed E-state index contributed by atoms with van der Waals surface area (Å²) >= 11 is 0. The summed E-state index contributed by atoms with van der Waals surface area (Å²) in [5, 5.41) is 10.7. The number of likely N-dealkylation sites (tertiary alicyclic amines) is 2. The number of carbonyl (C=O) groups is 1. The summed E-state index contributed by atoms with van der Waals surface area (Å²) in [4.78, 5) is 25.5. The van der Waals surface area contributed by atoms with E-state index in [4.69, 9.17) is 14.5 Å². The van der Waals surface area contributed by atoms with Crippen molar-refractivity contribution in [3.05, 3.63) is 83.6 Å². The zero-order valence-corrected chi connectivity index (χ0v) is 28.8. The third kappa shape index (κ3) is 7.35. The molecule has 3 aliphatic heterocycles. The van der Waals surface area contributed by atoms with Gasteiger partial charge >= 0.3 is 6.09 Å². The Bertz CT molecular complexity index is 1520. The van der Waals surface area contributed by atoms with Crippen LogP contribution in [0.1, 0.15) is 70.7 Å². The van der Waals surface area contributed by atoms with Gasteiger partial charge in [0.05, 0.1) is 36.7 Å². The monoisotopic (exact) mass is 640 g/mol. The van der Waals surface area contributed by atoms with Crippen LogP contribution in [0.2, 0.25) is 0 Å². The number of amides is 1. The first-order valence-electron chi connectivity index (χ1n) is 17.5. The highest BCUT2D eigenvalue weighted by Crippen LogP contribution is 2.47. The summed E-state index contributed by atoms with van der Waals surface area (Å²) in [5.74, 6) is 1.29. The van der Waals surface area contributed by atoms with E-state index in [1.807, 2.05) is 45.9 Å². The fourth-order valence-electron chi connectivity index (χ4n) is 8.18. The maximum atomic E-state index is 13.3. The van der Waals surface area contributed by atoms with E-state index in [0.29, 0.717) is 38.6 Å². The molecule has 6 rings (SSSR count). The van der Waals surface area contributed by atoms with Crippen LogP contribution < -0.4 is 4.74 Å². The average molecular weight is 641 g/mol. The lowest BCUT2D eigenvalue weighted by Crippen LogP contribution is -2.58. The third-order valence-corrected chi connectivity index (χ3v) is 10.2. The minimum atomic E-state index is -0.594. The molecule has 47 heavy (non-hydrogen) atoms. The van der Waals surface area contributed by atoms with Crippen molar-refractivity contribution >= 4 is 6.09 Å². The predicted molar refractivity (Wildman–Crippen MR) is 185 cm³/mol. The first kappa shape index (κ1) is 33.4. The Kier molecular flexibility index (Phi) is 9.93. The summed E-state index contributed by atoms with van der Waals surface area (Å²) in [6.45, 7) is 16.2. The standard InChI is InChI=1S/C39H52N4O4/c1-6-29-23-41(22-28-13-9-8-10-14-28)20-19-39(29)27-42(24-30-21-31(44)25-43(30)37(45)47-38(3,4)5)26-35-33(39)17-18-34(40-35)32-15-11-12-16-36(32)46-7-2/h8-18,29-31,44H,6-7,19-27H2,1-5H3/t29-,30-,31+,39+/m1/s1. The molecule has 1 N–H and O–H groups in total. The molecular formula is C39H52N4O4. The molecule has 0 bridgehead atoms. The Hall–Kier alpha value is -3.46. The number of fused-ring (bicyclic) bond motifs is 2. The van der Waals surface area contributed by atoms with Crippen molar-refractivity contribution in [2.24, 2.45) is 5.92 Å². The van der Waals surface area contributed by atoms with Gasteiger partial charge in [0.2, 0.25) is 0 Å². The van der Waals surface area contributed by atoms with Gasteiger partial charge in [0.25, 0.3) is 0 Å². The topological polar surface area (TPSA) is 78.4 Å². The lowest BCUT2D eigenvalue weighted by molar-refractivity contribution is 0.0101. The van der Waals surface area contributed by atoms with E-state index >= 15 is 0 Å². The highest BCUT2D eigenvalue weighted by molar-refractivity contribution is 5.69. The number of nitrogens with zero attached hydrogens (tertiary/aromatic N) is 4. The van der Waals surface area contributed by atoms with Gasteiger partial charge in [0.15, 0.2) is 0 Å². The van der Waals surface area contributed by atoms with Gasteiger partial charge in [0.1, 0.15) is 11.4 Å². The number of aliphatic hydroxyl groups excluding tert-OH is 1. The number of carbonyl (C=O) groups excluding carboxylic acids is 1. The maximum Gasteiger partial charge on any atom is 0.410 e. The van der Waals surface area contributed by atoms with Gasteiger partial charge in [-0.2, -0.15) is 0 Å². The van der Waals surface area contributed by atoms with Crippen molar-refractivity contribution in [3.8, 4) is 17.0 Å². The number of para-hydroxylation sites is 1. The number of benzene rings is 2. The SMILES string of the molecule is CCOc1ccccc1-c1ccc2c(n1)CN(C[C@H]1C[C@H](O)CN1C(=O)OC(C)(C)C)C[C@]21CCN(Cc2ccccc2)C[C@H]1CC. The molecule has 0 saturated carbocycles. The van der Waals surface area contributed by atoms with Crippen molar-refractivity contribution in [3.63, 3.8) is 0 Å². The molecule has 252 valence electrons. The fraction of sp³-hybridized carbons (Fsp3) is 0.538. The molecule has 8 heteroatoms. The molecule has 1 amide bonds. The number of aromatic nitrogens is 1. The normalized spacial score (nSPS) is 25.1. The molecule has 0 unspecified atom stereocenters. The molecule has 2 saturated heterocycles. The Balaban J connectivity index is 1.33. The van der Waals surface area contributed by atoms with Crippen molar-refractivity contribution in [2.45, 2.75) is 90.1 Å². The molecular weight excluding hydrogens is 588 g/mol. The van der Waals surface area contributed by atoms with Crippen LogP contribution in [-0.4, -0.2) is 88.0 Å². The minimum Gasteiger partial charge on any atom is -0.493 e. The molecule has 2 fully saturated rings. The van der Waals surface area contributed by atoms with Crippen LogP contribution in [0.25, 0.3) is 11.3 Å². The Labute approximate surface area is 280 Å². The van der Waals surface area contributed by atoms with Crippen LogP contribution in [0.4, 0.5) is 4.79 Å². The molecule has 0 aliphatic carbocycles. The van der Waals surface area contributed by atoms with Crippen molar-refractivity contribution < 1.29 is 19.4 Å². The van der Waals surface area contributed by atoms with Gasteiger partial charge in [-0.05, 0) is 82.3 Å². The summed E-state index contributed by atoms with van der Waals surface area (Å²) in [7, 11) is 0. The Morgan fingerprint density at radius 2 is 1.77 bits per heavy atom. The number of hydrogen-bond donors (Lipinski definition) is 1. The summed E-state index contributed by atoms with van der Waals surface area (Å²) in [6.07, 6.45) is 1.76. The van der Waals surface area contributed by atoms with Crippen molar-refractivity contribution in [1.29, 1.82) is 0 Å². The molecule has 4 atom stereocenters. The fourth-order valence-corrected chi connectivity index (χ4v) is 8.18. The summed E-state index contributed by atoms with van der Waals surface area (Å²) in [6, 6.07) is 23.3. The maximum absolute atomic E-state index is 13.3. The van der Waals surface area contributed by atoms with E-state index < -0.39 is 11.7 Å². The van der Waals surface area contributed by atoms with Crippen molar-refractivity contribution in [2.75, 3.05) is 39.3 Å². The average Bonchev–Trinajstić information content (AvgIpc) is 3.41. The zero-order chi connectivity index (χ0) is 33.2. The summed E-state index contributed by atoms with van der Waals surface area (Å²) < 4.78 is 11.8. The predicted octanol–water partition coefficient (Wildman–Crippen LogP) is 6.50. The molecule has 1 aromatic heterocycles. The number of β-amino-alcohol motifs (C(OH)–C–C–N with tert-alkyl or cyclic N) is 1. The Morgan fingerprint density at radius 1 is 1.00 bits per heavy atom. The van der Waals surface area contributed by atoms with Crippen molar-refractivity contribution in [1.82, 2.24) is 19.7 Å². The highest BCUT2D eigenvalue weighted by Gasteiger charge is 2.49. The van der Waals surface area contributed by atoms with Gasteiger partial charge in [-0.1, -0.05) is 61.9 Å². The second kappa shape index (κ2) is 14.0. The lowest BCUT2D eigenvalue weighted by atomic mass is 9.62. The Morgan fingerprint density at radius 3 is 2.51 bits per heavy atom. The van der Waals surface area contributed by atoms with E-state index in [1.165, 1.54) is 11.1 Å². The number of aliphatic hydroxyl groups is 1. The van der Waals surface area contributed by atoms with Gasteiger partial charge in [-0.15, -0.1) is 0 Å². The largest absolute Gasteiger partial charge is 0.493 e. The number of rotatable bonds is 8. The quantitative estimate of drug-likeness (QED) is 0.301. The van der Waals surface area contributed by atoms with E-state index in [0.717, 1.165) is 61.7 Å². The second-order valence-electron chi connectivity index (χ2n) is 14.7. The number of hydrogen-bond acceptors (Lipinski definition) is 7. The van der Waals surface area contributed by atoms with E-state index in [1.54, 1.807) is 4.90 Å². The second-order valence-corrected chi connectivity index (χ2v) is 14.7. The van der Waals surface area contributed by atoms with Crippen LogP contribution in [0.15, 0.2) is 66.7 Å². The van der Waals surface area contributed by atoms with E-state index in [2.05, 4.69) is 65.3 Å². The lowest BCUT2D eigenvalue weighted by Gasteiger charge is -2.53. The molecule has 8 nitrogen and oxygen atoms in total. The van der Waals surface area contributed by atoms with Crippen LogP contribution in [0.5, 0.6) is 5.75 Å². The van der Waals surface area contributed by atoms with E-state index in [-0.39, 0.29) is 17.6 Å².